The van der Waals surface area contributed by atoms with E-state index in [1.165, 1.54) is 6.07 Å². The Morgan fingerprint density at radius 2 is 1.96 bits per heavy atom. The Hall–Kier alpha value is -3.08. The van der Waals surface area contributed by atoms with Gasteiger partial charge in [0.05, 0.1) is 11.3 Å². The molecule has 2 aromatic carbocycles. The summed E-state index contributed by atoms with van der Waals surface area (Å²) in [5, 5.41) is 16.9. The van der Waals surface area contributed by atoms with Crippen LogP contribution in [0.1, 0.15) is 22.8 Å². The van der Waals surface area contributed by atoms with Gasteiger partial charge in [-0.1, -0.05) is 31.2 Å². The number of aromatic hydroxyl groups is 1. The number of rotatable bonds is 4. The number of amides is 1. The average molecular weight is 307 g/mol. The third-order valence-electron chi connectivity index (χ3n) is 3.57. The van der Waals surface area contributed by atoms with Crippen molar-refractivity contribution in [1.29, 1.82) is 0 Å². The van der Waals surface area contributed by atoms with Crippen LogP contribution in [0.2, 0.25) is 0 Å². The lowest BCUT2D eigenvalue weighted by atomic mass is 10.1. The van der Waals surface area contributed by atoms with E-state index in [0.29, 0.717) is 5.82 Å². The van der Waals surface area contributed by atoms with Gasteiger partial charge in [0.2, 0.25) is 0 Å². The average Bonchev–Trinajstić information content (AvgIpc) is 3.04. The van der Waals surface area contributed by atoms with Crippen LogP contribution in [0.25, 0.3) is 5.69 Å². The van der Waals surface area contributed by atoms with E-state index in [0.717, 1.165) is 17.7 Å². The first-order valence-corrected chi connectivity index (χ1v) is 7.41. The smallest absolute Gasteiger partial charge is 0.260 e. The quantitative estimate of drug-likeness (QED) is 0.776. The highest BCUT2D eigenvalue weighted by atomic mass is 16.3. The van der Waals surface area contributed by atoms with Crippen molar-refractivity contribution in [2.45, 2.75) is 13.3 Å². The second-order valence-corrected chi connectivity index (χ2v) is 5.14. The number of carbonyl (C=O) groups excluding carboxylic acids is 1. The Balaban J connectivity index is 1.80. The van der Waals surface area contributed by atoms with Crippen LogP contribution in [0, 0.1) is 0 Å². The van der Waals surface area contributed by atoms with Crippen LogP contribution in [0.3, 0.4) is 0 Å². The molecule has 0 aliphatic heterocycles. The molecule has 116 valence electrons. The standard InChI is InChI=1S/C18H17N3O2/c1-2-13-8-9-16(22)15(12-13)18(23)19-17-10-11-21(20-17)14-6-4-3-5-7-14/h3-12,22H,2H2,1H3,(H,19,20,23). The van der Waals surface area contributed by atoms with E-state index in [-0.39, 0.29) is 17.2 Å². The lowest BCUT2D eigenvalue weighted by Gasteiger charge is -2.06. The van der Waals surface area contributed by atoms with Crippen LogP contribution in [0.15, 0.2) is 60.8 Å². The lowest BCUT2D eigenvalue weighted by Crippen LogP contribution is -2.13. The number of aromatic nitrogens is 2. The van der Waals surface area contributed by atoms with Gasteiger partial charge in [-0.3, -0.25) is 4.79 Å². The number of anilines is 1. The number of nitrogens with zero attached hydrogens (tertiary/aromatic N) is 2. The number of phenols is 1. The molecule has 1 aromatic heterocycles. The van der Waals surface area contributed by atoms with Crippen LogP contribution in [0.4, 0.5) is 5.82 Å². The van der Waals surface area contributed by atoms with Crippen molar-refractivity contribution in [3.05, 3.63) is 71.9 Å². The van der Waals surface area contributed by atoms with Gasteiger partial charge in [-0.2, -0.15) is 5.10 Å². The van der Waals surface area contributed by atoms with Gasteiger partial charge in [0.15, 0.2) is 5.82 Å². The Bertz CT molecular complexity index is 825. The summed E-state index contributed by atoms with van der Waals surface area (Å²) in [6, 6.07) is 16.4. The number of hydrogen-bond acceptors (Lipinski definition) is 3. The minimum absolute atomic E-state index is 0.0396. The zero-order valence-corrected chi connectivity index (χ0v) is 12.7. The van der Waals surface area contributed by atoms with Crippen molar-refractivity contribution in [2.24, 2.45) is 0 Å². The molecule has 1 amide bonds. The number of benzene rings is 2. The van der Waals surface area contributed by atoms with Gasteiger partial charge in [-0.25, -0.2) is 4.68 Å². The molecule has 0 saturated carbocycles. The van der Waals surface area contributed by atoms with Crippen molar-refractivity contribution in [2.75, 3.05) is 5.32 Å². The molecular formula is C18H17N3O2. The second-order valence-electron chi connectivity index (χ2n) is 5.14. The Labute approximate surface area is 134 Å². The maximum Gasteiger partial charge on any atom is 0.260 e. The van der Waals surface area contributed by atoms with E-state index in [1.54, 1.807) is 29.1 Å². The van der Waals surface area contributed by atoms with Gasteiger partial charge in [0.1, 0.15) is 5.75 Å². The Kier molecular flexibility index (Phi) is 4.10. The van der Waals surface area contributed by atoms with Crippen molar-refractivity contribution < 1.29 is 9.90 Å². The fourth-order valence-electron chi connectivity index (χ4n) is 2.28. The minimum atomic E-state index is -0.379. The monoisotopic (exact) mass is 307 g/mol. The van der Waals surface area contributed by atoms with E-state index in [1.807, 2.05) is 37.3 Å². The molecule has 0 saturated heterocycles. The first-order chi connectivity index (χ1) is 11.2. The molecule has 23 heavy (non-hydrogen) atoms. The predicted molar refractivity (Wildman–Crippen MR) is 89.0 cm³/mol. The van der Waals surface area contributed by atoms with E-state index in [2.05, 4.69) is 10.4 Å². The van der Waals surface area contributed by atoms with Crippen LogP contribution in [0.5, 0.6) is 5.75 Å². The van der Waals surface area contributed by atoms with E-state index in [9.17, 15) is 9.90 Å². The summed E-state index contributed by atoms with van der Waals surface area (Å²) in [4.78, 5) is 12.3. The zero-order chi connectivity index (χ0) is 16.2. The largest absolute Gasteiger partial charge is 0.507 e. The molecule has 0 atom stereocenters. The third kappa shape index (κ3) is 3.23. The number of para-hydroxylation sites is 1. The fourth-order valence-corrected chi connectivity index (χ4v) is 2.28. The van der Waals surface area contributed by atoms with Crippen molar-refractivity contribution in [3.63, 3.8) is 0 Å². The summed E-state index contributed by atoms with van der Waals surface area (Å²) in [6.07, 6.45) is 2.57. The number of nitrogens with one attached hydrogen (secondary N) is 1. The molecule has 0 aliphatic rings. The number of carbonyl (C=O) groups is 1. The molecule has 0 unspecified atom stereocenters. The fraction of sp³-hybridized carbons (Fsp3) is 0.111. The van der Waals surface area contributed by atoms with Gasteiger partial charge >= 0.3 is 0 Å². The van der Waals surface area contributed by atoms with Gasteiger partial charge in [0, 0.05) is 12.3 Å². The van der Waals surface area contributed by atoms with Crippen LogP contribution in [-0.2, 0) is 6.42 Å². The zero-order valence-electron chi connectivity index (χ0n) is 12.7. The van der Waals surface area contributed by atoms with Crippen LogP contribution in [-0.4, -0.2) is 20.8 Å². The predicted octanol–water partition coefficient (Wildman–Crippen LogP) is 3.39. The summed E-state index contributed by atoms with van der Waals surface area (Å²) in [5.74, 6) is 0.0125. The number of hydrogen-bond donors (Lipinski definition) is 2. The highest BCUT2D eigenvalue weighted by Crippen LogP contribution is 2.20. The summed E-state index contributed by atoms with van der Waals surface area (Å²) in [6.45, 7) is 2.00. The summed E-state index contributed by atoms with van der Waals surface area (Å²) >= 11 is 0. The molecule has 3 rings (SSSR count). The molecule has 2 N–H and O–H groups in total. The number of aryl methyl sites for hydroxylation is 1. The molecule has 5 heteroatoms. The maximum absolute atomic E-state index is 12.3. The Morgan fingerprint density at radius 1 is 1.17 bits per heavy atom. The van der Waals surface area contributed by atoms with Crippen molar-refractivity contribution in [3.8, 4) is 11.4 Å². The lowest BCUT2D eigenvalue weighted by molar-refractivity contribution is 0.102. The summed E-state index contributed by atoms with van der Waals surface area (Å²) in [5.41, 5.74) is 2.14. The van der Waals surface area contributed by atoms with Gasteiger partial charge in [-0.15, -0.1) is 0 Å². The third-order valence-corrected chi connectivity index (χ3v) is 3.57. The Morgan fingerprint density at radius 3 is 2.70 bits per heavy atom. The van der Waals surface area contributed by atoms with E-state index < -0.39 is 0 Å². The van der Waals surface area contributed by atoms with Gasteiger partial charge in [-0.05, 0) is 36.2 Å². The van der Waals surface area contributed by atoms with E-state index >= 15 is 0 Å². The molecule has 0 spiro atoms. The topological polar surface area (TPSA) is 67.2 Å². The molecule has 0 fully saturated rings. The van der Waals surface area contributed by atoms with Crippen molar-refractivity contribution >= 4 is 11.7 Å². The molecule has 0 bridgehead atoms. The number of phenolic OH excluding ortho intramolecular Hbond substituents is 1. The maximum atomic E-state index is 12.3. The molecule has 1 heterocycles. The van der Waals surface area contributed by atoms with Crippen LogP contribution < -0.4 is 5.32 Å². The highest BCUT2D eigenvalue weighted by Gasteiger charge is 2.13. The molecular weight excluding hydrogens is 290 g/mol. The molecule has 3 aromatic rings. The first kappa shape index (κ1) is 14.8. The molecule has 0 radical (unpaired) electrons. The minimum Gasteiger partial charge on any atom is -0.507 e. The molecule has 0 aliphatic carbocycles. The van der Waals surface area contributed by atoms with E-state index in [4.69, 9.17) is 0 Å². The second kappa shape index (κ2) is 6.36. The normalized spacial score (nSPS) is 10.5. The van der Waals surface area contributed by atoms with Gasteiger partial charge in [0.25, 0.3) is 5.91 Å². The summed E-state index contributed by atoms with van der Waals surface area (Å²) < 4.78 is 1.68. The van der Waals surface area contributed by atoms with Crippen LogP contribution >= 0.6 is 0 Å². The van der Waals surface area contributed by atoms with Gasteiger partial charge < -0.3 is 10.4 Å². The SMILES string of the molecule is CCc1ccc(O)c(C(=O)Nc2ccn(-c3ccccc3)n2)c1. The molecule has 5 nitrogen and oxygen atoms in total. The summed E-state index contributed by atoms with van der Waals surface area (Å²) in [7, 11) is 0. The first-order valence-electron chi connectivity index (χ1n) is 7.41. The highest BCUT2D eigenvalue weighted by molar-refractivity contribution is 6.05. The van der Waals surface area contributed by atoms with Crippen molar-refractivity contribution in [1.82, 2.24) is 9.78 Å².